The first-order valence-corrected chi connectivity index (χ1v) is 7.38. The monoisotopic (exact) mass is 330 g/mol. The van der Waals surface area contributed by atoms with E-state index in [1.807, 2.05) is 0 Å². The lowest BCUT2D eigenvalue weighted by Gasteiger charge is -2.32. The summed E-state index contributed by atoms with van der Waals surface area (Å²) in [4.78, 5) is 0. The zero-order valence-electron chi connectivity index (χ0n) is 11.0. The molecule has 1 rings (SSSR count). The highest BCUT2D eigenvalue weighted by molar-refractivity contribution is 14.1. The SMILES string of the molecule is CCC(C)C(C)(C)c1ccc(C(C)I)cc1. The lowest BCUT2D eigenvalue weighted by atomic mass is 9.73. The highest BCUT2D eigenvalue weighted by atomic mass is 127. The normalized spacial score (nSPS) is 15.9. The Kier molecular flexibility index (Phi) is 4.84. The molecule has 0 radical (unpaired) electrons. The van der Waals surface area contributed by atoms with Gasteiger partial charge in [0, 0.05) is 3.92 Å². The third-order valence-corrected chi connectivity index (χ3v) is 4.68. The molecule has 0 bridgehead atoms. The van der Waals surface area contributed by atoms with Crippen molar-refractivity contribution >= 4 is 22.6 Å². The average molecular weight is 330 g/mol. The number of benzene rings is 1. The first-order valence-electron chi connectivity index (χ1n) is 6.14. The van der Waals surface area contributed by atoms with Crippen molar-refractivity contribution in [1.82, 2.24) is 0 Å². The van der Waals surface area contributed by atoms with Gasteiger partial charge < -0.3 is 0 Å². The molecule has 0 spiro atoms. The van der Waals surface area contributed by atoms with E-state index in [4.69, 9.17) is 0 Å². The molecule has 1 aromatic carbocycles. The van der Waals surface area contributed by atoms with Gasteiger partial charge in [-0.1, -0.05) is 81.0 Å². The molecule has 2 atom stereocenters. The van der Waals surface area contributed by atoms with Crippen LogP contribution in [0, 0.1) is 5.92 Å². The van der Waals surface area contributed by atoms with Gasteiger partial charge in [0.2, 0.25) is 0 Å². The summed E-state index contributed by atoms with van der Waals surface area (Å²) in [5.41, 5.74) is 3.16. The van der Waals surface area contributed by atoms with Crippen LogP contribution < -0.4 is 0 Å². The van der Waals surface area contributed by atoms with Crippen LogP contribution in [0.4, 0.5) is 0 Å². The summed E-state index contributed by atoms with van der Waals surface area (Å²) in [7, 11) is 0. The van der Waals surface area contributed by atoms with Crippen molar-refractivity contribution in [2.24, 2.45) is 5.92 Å². The van der Waals surface area contributed by atoms with Crippen LogP contribution in [0.1, 0.15) is 56.1 Å². The lowest BCUT2D eigenvalue weighted by Crippen LogP contribution is -2.26. The Labute approximate surface area is 114 Å². The minimum atomic E-state index is 0.280. The number of alkyl halides is 1. The predicted octanol–water partition coefficient (Wildman–Crippen LogP) is 5.51. The molecule has 1 heteroatoms. The molecule has 0 heterocycles. The summed E-state index contributed by atoms with van der Waals surface area (Å²) in [5.74, 6) is 0.718. The number of rotatable bonds is 4. The zero-order valence-corrected chi connectivity index (χ0v) is 13.2. The lowest BCUT2D eigenvalue weighted by molar-refractivity contribution is 0.335. The van der Waals surface area contributed by atoms with Gasteiger partial charge in [-0.25, -0.2) is 0 Å². The first kappa shape index (κ1) is 14.0. The minimum Gasteiger partial charge on any atom is -0.0777 e. The van der Waals surface area contributed by atoms with E-state index in [-0.39, 0.29) is 5.41 Å². The van der Waals surface area contributed by atoms with Crippen LogP contribution in [0.15, 0.2) is 24.3 Å². The van der Waals surface area contributed by atoms with Crippen molar-refractivity contribution in [3.05, 3.63) is 35.4 Å². The summed E-state index contributed by atoms with van der Waals surface area (Å²) >= 11 is 2.46. The van der Waals surface area contributed by atoms with Crippen molar-refractivity contribution < 1.29 is 0 Å². The summed E-state index contributed by atoms with van der Waals surface area (Å²) < 4.78 is 0.596. The average Bonchev–Trinajstić information content (AvgIpc) is 2.28. The van der Waals surface area contributed by atoms with E-state index >= 15 is 0 Å². The quantitative estimate of drug-likeness (QED) is 0.505. The topological polar surface area (TPSA) is 0 Å². The zero-order chi connectivity index (χ0) is 12.3. The maximum atomic E-state index is 2.46. The second kappa shape index (κ2) is 5.52. The van der Waals surface area contributed by atoms with E-state index < -0.39 is 0 Å². The van der Waals surface area contributed by atoms with Gasteiger partial charge in [-0.05, 0) is 29.4 Å². The van der Waals surface area contributed by atoms with Gasteiger partial charge >= 0.3 is 0 Å². The molecule has 0 N–H and O–H groups in total. The first-order chi connectivity index (χ1) is 7.39. The van der Waals surface area contributed by atoms with Crippen molar-refractivity contribution in [3.63, 3.8) is 0 Å². The summed E-state index contributed by atoms with van der Waals surface area (Å²) in [6.45, 7) is 11.5. The van der Waals surface area contributed by atoms with Gasteiger partial charge in [-0.15, -0.1) is 0 Å². The van der Waals surface area contributed by atoms with Crippen molar-refractivity contribution in [2.45, 2.75) is 50.4 Å². The molecular weight excluding hydrogens is 307 g/mol. The number of halogens is 1. The largest absolute Gasteiger partial charge is 0.0777 e. The summed E-state index contributed by atoms with van der Waals surface area (Å²) in [5, 5.41) is 0. The third-order valence-electron chi connectivity index (χ3n) is 3.96. The van der Waals surface area contributed by atoms with Crippen LogP contribution >= 0.6 is 22.6 Å². The predicted molar refractivity (Wildman–Crippen MR) is 81.4 cm³/mol. The minimum absolute atomic E-state index is 0.280. The molecule has 90 valence electrons. The number of hydrogen-bond donors (Lipinski definition) is 0. The number of hydrogen-bond acceptors (Lipinski definition) is 0. The van der Waals surface area contributed by atoms with Crippen LogP contribution in [-0.4, -0.2) is 0 Å². The molecule has 0 saturated heterocycles. The van der Waals surface area contributed by atoms with Gasteiger partial charge in [0.25, 0.3) is 0 Å². The van der Waals surface area contributed by atoms with Gasteiger partial charge in [0.05, 0.1) is 0 Å². The van der Waals surface area contributed by atoms with E-state index in [0.29, 0.717) is 3.92 Å². The summed E-state index contributed by atoms with van der Waals surface area (Å²) in [6.07, 6.45) is 1.23. The molecular formula is C15H23I. The molecule has 0 saturated carbocycles. The molecule has 0 amide bonds. The van der Waals surface area contributed by atoms with E-state index in [1.165, 1.54) is 17.5 Å². The second-order valence-corrected chi connectivity index (χ2v) is 7.14. The molecule has 0 aliphatic carbocycles. The van der Waals surface area contributed by atoms with Crippen molar-refractivity contribution in [1.29, 1.82) is 0 Å². The standard InChI is InChI=1S/C15H23I/c1-6-11(2)15(4,5)14-9-7-13(8-10-14)12(3)16/h7-12H,6H2,1-5H3. The van der Waals surface area contributed by atoms with Crippen LogP contribution in [0.5, 0.6) is 0 Å². The molecule has 0 aliphatic heterocycles. The summed E-state index contributed by atoms with van der Waals surface area (Å²) in [6, 6.07) is 9.15. The highest BCUT2D eigenvalue weighted by Gasteiger charge is 2.26. The van der Waals surface area contributed by atoms with Gasteiger partial charge in [0.1, 0.15) is 0 Å². The van der Waals surface area contributed by atoms with Gasteiger partial charge in [-0.2, -0.15) is 0 Å². The molecule has 1 aromatic rings. The fourth-order valence-corrected chi connectivity index (χ4v) is 2.39. The maximum absolute atomic E-state index is 2.46. The Morgan fingerprint density at radius 2 is 1.62 bits per heavy atom. The molecule has 0 aliphatic rings. The van der Waals surface area contributed by atoms with E-state index in [9.17, 15) is 0 Å². The van der Waals surface area contributed by atoms with E-state index in [0.717, 1.165) is 5.92 Å². The molecule has 0 fully saturated rings. The second-order valence-electron chi connectivity index (χ2n) is 5.27. The highest BCUT2D eigenvalue weighted by Crippen LogP contribution is 2.34. The molecule has 2 unspecified atom stereocenters. The van der Waals surface area contributed by atoms with Crippen molar-refractivity contribution in [2.75, 3.05) is 0 Å². The Balaban J connectivity index is 2.97. The Morgan fingerprint density at radius 3 is 2.00 bits per heavy atom. The Hall–Kier alpha value is -0.0500. The smallest absolute Gasteiger partial charge is 0.0331 e. The molecule has 0 nitrogen and oxygen atoms in total. The third kappa shape index (κ3) is 2.99. The Bertz CT molecular complexity index is 322. The maximum Gasteiger partial charge on any atom is 0.0331 e. The van der Waals surface area contributed by atoms with E-state index in [2.05, 4.69) is 81.5 Å². The van der Waals surface area contributed by atoms with Crippen LogP contribution in [0.2, 0.25) is 0 Å². The fraction of sp³-hybridized carbons (Fsp3) is 0.600. The van der Waals surface area contributed by atoms with Crippen LogP contribution in [0.25, 0.3) is 0 Å². The van der Waals surface area contributed by atoms with E-state index in [1.54, 1.807) is 0 Å². The van der Waals surface area contributed by atoms with Gasteiger partial charge in [-0.3, -0.25) is 0 Å². The van der Waals surface area contributed by atoms with Crippen molar-refractivity contribution in [3.8, 4) is 0 Å². The Morgan fingerprint density at radius 1 is 1.12 bits per heavy atom. The fourth-order valence-electron chi connectivity index (χ4n) is 1.97. The van der Waals surface area contributed by atoms with Gasteiger partial charge in [0.15, 0.2) is 0 Å². The molecule has 16 heavy (non-hydrogen) atoms. The molecule has 0 aromatic heterocycles. The van der Waals surface area contributed by atoms with Crippen LogP contribution in [-0.2, 0) is 5.41 Å². The van der Waals surface area contributed by atoms with Crippen LogP contribution in [0.3, 0.4) is 0 Å².